The van der Waals surface area contributed by atoms with Crippen molar-refractivity contribution in [2.45, 2.75) is 51.9 Å². The van der Waals surface area contributed by atoms with E-state index in [1.165, 1.54) is 12.1 Å². The summed E-state index contributed by atoms with van der Waals surface area (Å²) < 4.78 is 40.7. The molecule has 180 valence electrons. The van der Waals surface area contributed by atoms with Gasteiger partial charge in [-0.05, 0) is 55.8 Å². The number of ether oxygens (including phenoxy) is 1. The van der Waals surface area contributed by atoms with Crippen LogP contribution in [0.15, 0.2) is 18.2 Å². The van der Waals surface area contributed by atoms with Crippen molar-refractivity contribution >= 4 is 29.2 Å². The number of nitrogens with one attached hydrogen (secondary N) is 2. The molecule has 3 amide bonds. The quantitative estimate of drug-likeness (QED) is 0.517. The first kappa shape index (κ1) is 26.1. The fraction of sp³-hybridized carbons (Fsp3) is 0.619. The average Bonchev–Trinajstić information content (AvgIpc) is 2.68. The Balaban J connectivity index is 1.79. The maximum absolute atomic E-state index is 12.5. The van der Waals surface area contributed by atoms with E-state index in [0.29, 0.717) is 44.8 Å². The van der Waals surface area contributed by atoms with Crippen LogP contribution in [0.2, 0.25) is 5.02 Å². The molecule has 32 heavy (non-hydrogen) atoms. The molecule has 1 aliphatic rings. The van der Waals surface area contributed by atoms with Gasteiger partial charge < -0.3 is 26.0 Å². The number of carbonyl (C=O) groups is 2. The van der Waals surface area contributed by atoms with Crippen molar-refractivity contribution in [1.29, 1.82) is 0 Å². The number of amides is 3. The summed E-state index contributed by atoms with van der Waals surface area (Å²) in [5.74, 6) is 0.184. The van der Waals surface area contributed by atoms with E-state index in [9.17, 15) is 22.8 Å². The third-order valence-corrected chi connectivity index (χ3v) is 5.50. The lowest BCUT2D eigenvalue weighted by atomic mass is 9.93. The number of hydrogen-bond donors (Lipinski definition) is 3. The Hall–Kier alpha value is -2.20. The molecule has 0 aromatic heterocycles. The molecule has 1 aromatic rings. The molecule has 0 unspecified atom stereocenters. The minimum Gasteiger partial charge on any atom is -0.404 e. The van der Waals surface area contributed by atoms with Crippen LogP contribution < -0.4 is 21.1 Å². The van der Waals surface area contributed by atoms with Crippen molar-refractivity contribution in [2.75, 3.05) is 25.0 Å². The van der Waals surface area contributed by atoms with Gasteiger partial charge in [-0.2, -0.15) is 0 Å². The second-order valence-corrected chi connectivity index (χ2v) is 8.79. The first-order chi connectivity index (χ1) is 15.0. The highest BCUT2D eigenvalue weighted by molar-refractivity contribution is 6.32. The molecule has 0 radical (unpaired) electrons. The van der Waals surface area contributed by atoms with Gasteiger partial charge in [0, 0.05) is 31.2 Å². The molecule has 1 saturated heterocycles. The second-order valence-electron chi connectivity index (χ2n) is 8.38. The molecular formula is C21H30ClF3N4O3. The molecule has 1 atom stereocenters. The van der Waals surface area contributed by atoms with E-state index in [1.54, 1.807) is 4.90 Å². The molecule has 0 saturated carbocycles. The summed E-state index contributed by atoms with van der Waals surface area (Å²) in [6.07, 6.45) is -2.30. The van der Waals surface area contributed by atoms with Gasteiger partial charge in [0.05, 0.1) is 5.02 Å². The van der Waals surface area contributed by atoms with Gasteiger partial charge in [-0.15, -0.1) is 13.2 Å². The van der Waals surface area contributed by atoms with Crippen molar-refractivity contribution in [3.05, 3.63) is 23.2 Å². The first-order valence-electron chi connectivity index (χ1n) is 10.6. The Bertz CT molecular complexity index is 784. The van der Waals surface area contributed by atoms with Gasteiger partial charge in [-0.1, -0.05) is 25.4 Å². The van der Waals surface area contributed by atoms with Crippen molar-refractivity contribution in [1.82, 2.24) is 10.2 Å². The SMILES string of the molecule is CC(C)C[C@H](CN)CC(=O)N1CCC(NC(=O)Nc2ccc(OC(F)(F)F)c(Cl)c2)CC1. The number of alkyl halides is 3. The minimum atomic E-state index is -4.86. The molecule has 2 rings (SSSR count). The number of rotatable bonds is 8. The van der Waals surface area contributed by atoms with Gasteiger partial charge >= 0.3 is 12.4 Å². The van der Waals surface area contributed by atoms with Crippen LogP contribution in [0.3, 0.4) is 0 Å². The van der Waals surface area contributed by atoms with Crippen LogP contribution in [0.4, 0.5) is 23.7 Å². The first-order valence-corrected chi connectivity index (χ1v) is 10.9. The smallest absolute Gasteiger partial charge is 0.404 e. The predicted octanol–water partition coefficient (Wildman–Crippen LogP) is 4.36. The number of urea groups is 1. The van der Waals surface area contributed by atoms with Crippen LogP contribution >= 0.6 is 11.6 Å². The molecule has 7 nitrogen and oxygen atoms in total. The van der Waals surface area contributed by atoms with E-state index in [-0.39, 0.29) is 28.6 Å². The van der Waals surface area contributed by atoms with Crippen molar-refractivity contribution in [3.8, 4) is 5.75 Å². The Kier molecular flexibility index (Phi) is 9.45. The number of benzene rings is 1. The topological polar surface area (TPSA) is 96.7 Å². The van der Waals surface area contributed by atoms with Gasteiger partial charge in [0.15, 0.2) is 0 Å². The summed E-state index contributed by atoms with van der Waals surface area (Å²) in [5, 5.41) is 5.08. The monoisotopic (exact) mass is 478 g/mol. The van der Waals surface area contributed by atoms with Gasteiger partial charge in [0.25, 0.3) is 0 Å². The number of piperidine rings is 1. The summed E-state index contributed by atoms with van der Waals surface area (Å²) in [6.45, 7) is 5.77. The fourth-order valence-corrected chi connectivity index (χ4v) is 3.94. The lowest BCUT2D eigenvalue weighted by molar-refractivity contribution is -0.274. The standard InChI is InChI=1S/C21H30ClF3N4O3/c1-13(2)9-14(12-26)10-19(30)29-7-5-15(6-8-29)27-20(31)28-16-3-4-18(17(22)11-16)32-21(23,24)25/h3-4,11,13-15H,5-10,12,26H2,1-2H3,(H2,27,28,31)/t14-/m0/s1. The minimum absolute atomic E-state index is 0.0832. The molecule has 0 bridgehead atoms. The number of halogens is 4. The van der Waals surface area contributed by atoms with E-state index in [0.717, 1.165) is 12.5 Å². The van der Waals surface area contributed by atoms with E-state index >= 15 is 0 Å². The number of carbonyl (C=O) groups excluding carboxylic acids is 2. The number of likely N-dealkylation sites (tertiary alicyclic amines) is 1. The molecule has 1 heterocycles. The molecular weight excluding hydrogens is 449 g/mol. The third kappa shape index (κ3) is 8.74. The highest BCUT2D eigenvalue weighted by atomic mass is 35.5. The third-order valence-electron chi connectivity index (χ3n) is 5.20. The highest BCUT2D eigenvalue weighted by Crippen LogP contribution is 2.32. The van der Waals surface area contributed by atoms with Crippen molar-refractivity contribution < 1.29 is 27.5 Å². The number of nitrogens with two attached hydrogens (primary N) is 1. The van der Waals surface area contributed by atoms with Gasteiger partial charge in [-0.3, -0.25) is 4.79 Å². The lowest BCUT2D eigenvalue weighted by Gasteiger charge is -2.33. The molecule has 1 aromatic carbocycles. The van der Waals surface area contributed by atoms with Crippen LogP contribution in [0.1, 0.15) is 39.5 Å². The zero-order valence-corrected chi connectivity index (χ0v) is 18.9. The molecule has 1 aliphatic heterocycles. The number of hydrogen-bond acceptors (Lipinski definition) is 4. The van der Waals surface area contributed by atoms with Gasteiger partial charge in [0.1, 0.15) is 5.75 Å². The van der Waals surface area contributed by atoms with Gasteiger partial charge in [-0.25, -0.2) is 4.79 Å². The largest absolute Gasteiger partial charge is 0.573 e. The Labute approximate surface area is 190 Å². The zero-order valence-electron chi connectivity index (χ0n) is 18.2. The lowest BCUT2D eigenvalue weighted by Crippen LogP contribution is -2.48. The van der Waals surface area contributed by atoms with E-state index in [1.807, 2.05) is 0 Å². The second kappa shape index (κ2) is 11.6. The zero-order chi connectivity index (χ0) is 23.9. The predicted molar refractivity (Wildman–Crippen MR) is 117 cm³/mol. The normalized spacial score (nSPS) is 16.1. The summed E-state index contributed by atoms with van der Waals surface area (Å²) >= 11 is 5.79. The molecule has 0 aliphatic carbocycles. The number of anilines is 1. The Morgan fingerprint density at radius 2 is 1.94 bits per heavy atom. The summed E-state index contributed by atoms with van der Waals surface area (Å²) in [6, 6.07) is 2.84. The Morgan fingerprint density at radius 3 is 2.47 bits per heavy atom. The molecule has 4 N–H and O–H groups in total. The van der Waals surface area contributed by atoms with Crippen molar-refractivity contribution in [2.24, 2.45) is 17.6 Å². The van der Waals surface area contributed by atoms with Crippen LogP contribution in [0.25, 0.3) is 0 Å². The van der Waals surface area contributed by atoms with Crippen LogP contribution in [-0.4, -0.2) is 48.9 Å². The number of nitrogens with zero attached hydrogens (tertiary/aromatic N) is 1. The van der Waals surface area contributed by atoms with Crippen LogP contribution in [-0.2, 0) is 4.79 Å². The summed E-state index contributed by atoms with van der Waals surface area (Å²) in [5.41, 5.74) is 6.02. The van der Waals surface area contributed by atoms with E-state index in [4.69, 9.17) is 17.3 Å². The van der Waals surface area contributed by atoms with Crippen molar-refractivity contribution in [3.63, 3.8) is 0 Å². The van der Waals surface area contributed by atoms with E-state index in [2.05, 4.69) is 29.2 Å². The molecule has 0 spiro atoms. The maximum Gasteiger partial charge on any atom is 0.573 e. The van der Waals surface area contributed by atoms with Crippen LogP contribution in [0.5, 0.6) is 5.75 Å². The highest BCUT2D eigenvalue weighted by Gasteiger charge is 2.32. The average molecular weight is 479 g/mol. The fourth-order valence-electron chi connectivity index (χ4n) is 3.72. The van der Waals surface area contributed by atoms with E-state index < -0.39 is 18.1 Å². The van der Waals surface area contributed by atoms with Gasteiger partial charge in [0.2, 0.25) is 5.91 Å². The molecule has 11 heteroatoms. The maximum atomic E-state index is 12.5. The Morgan fingerprint density at radius 1 is 1.28 bits per heavy atom. The summed E-state index contributed by atoms with van der Waals surface area (Å²) in [7, 11) is 0. The summed E-state index contributed by atoms with van der Waals surface area (Å²) in [4.78, 5) is 26.6. The molecule has 1 fully saturated rings. The van der Waals surface area contributed by atoms with Crippen LogP contribution in [0, 0.1) is 11.8 Å².